The summed E-state index contributed by atoms with van der Waals surface area (Å²) in [6.07, 6.45) is 0.256. The largest absolute Gasteiger partial charge is 0.446 e. The number of hydrogen-bond donors (Lipinski definition) is 4. The van der Waals surface area contributed by atoms with Crippen molar-refractivity contribution in [2.75, 3.05) is 27.2 Å². The number of rotatable bonds is 15. The van der Waals surface area contributed by atoms with Crippen molar-refractivity contribution in [2.24, 2.45) is 23.2 Å². The van der Waals surface area contributed by atoms with E-state index in [0.29, 0.717) is 18.5 Å². The Morgan fingerprint density at radius 3 is 2.16 bits per heavy atom. The van der Waals surface area contributed by atoms with Gasteiger partial charge in [0.1, 0.15) is 24.2 Å². The smallest absolute Gasteiger partial charge is 0.408 e. The van der Waals surface area contributed by atoms with Crippen LogP contribution in [-0.4, -0.2) is 103 Å². The lowest BCUT2D eigenvalue weighted by Crippen LogP contribution is -2.60. The predicted molar refractivity (Wildman–Crippen MR) is 185 cm³/mol. The van der Waals surface area contributed by atoms with Crippen LogP contribution in [0.15, 0.2) is 30.3 Å². The molecule has 0 aromatic heterocycles. The molecule has 1 aliphatic carbocycles. The monoisotopic (exact) mass is 698 g/mol. The predicted octanol–water partition coefficient (Wildman–Crippen LogP) is 1.93. The van der Waals surface area contributed by atoms with Crippen LogP contribution in [0, 0.1) is 23.2 Å². The molecule has 6 amide bonds. The molecule has 4 N–H and O–H groups in total. The number of ether oxygens (including phenoxy) is 1. The van der Waals surface area contributed by atoms with E-state index in [-0.39, 0.29) is 36.2 Å². The Bertz CT molecular complexity index is 1430. The molecule has 3 rings (SSSR count). The van der Waals surface area contributed by atoms with Gasteiger partial charge in [0.25, 0.3) is 5.91 Å². The molecule has 7 atom stereocenters. The summed E-state index contributed by atoms with van der Waals surface area (Å²) in [6, 6.07) is 4.57. The summed E-state index contributed by atoms with van der Waals surface area (Å²) in [5.74, 6) is -3.96. The van der Waals surface area contributed by atoms with Crippen LogP contribution in [0.5, 0.6) is 0 Å². The Hall–Kier alpha value is -4.49. The third-order valence-corrected chi connectivity index (χ3v) is 9.28. The number of benzene rings is 1. The summed E-state index contributed by atoms with van der Waals surface area (Å²) < 4.78 is 5.46. The average molecular weight is 699 g/mol. The fourth-order valence-corrected chi connectivity index (χ4v) is 5.92. The topological polar surface area (TPSA) is 183 Å². The molecule has 276 valence electrons. The maximum absolute atomic E-state index is 14.0. The number of alkyl carbamates (subject to hydrolysis) is 1. The highest BCUT2D eigenvalue weighted by Crippen LogP contribution is 2.50. The molecule has 2 fully saturated rings. The second-order valence-corrected chi connectivity index (χ2v) is 14.9. The maximum Gasteiger partial charge on any atom is 0.408 e. The molecular weight excluding hydrogens is 644 g/mol. The van der Waals surface area contributed by atoms with Gasteiger partial charge in [0.05, 0.1) is 12.6 Å². The van der Waals surface area contributed by atoms with E-state index >= 15 is 0 Å². The molecule has 1 aromatic rings. The molecule has 1 saturated carbocycles. The number of hydrogen-bond acceptors (Lipinski definition) is 8. The summed E-state index contributed by atoms with van der Waals surface area (Å²) >= 11 is 0. The van der Waals surface area contributed by atoms with Gasteiger partial charge in [-0.25, -0.2) is 4.79 Å². The van der Waals surface area contributed by atoms with E-state index < -0.39 is 71.6 Å². The number of carbonyl (C=O) groups is 7. The lowest BCUT2D eigenvalue weighted by atomic mass is 9.85. The van der Waals surface area contributed by atoms with Gasteiger partial charge in [-0.05, 0) is 48.5 Å². The van der Waals surface area contributed by atoms with Crippen LogP contribution < -0.4 is 21.3 Å². The summed E-state index contributed by atoms with van der Waals surface area (Å²) in [5.41, 5.74) is -0.160. The highest BCUT2D eigenvalue weighted by Gasteiger charge is 2.58. The van der Waals surface area contributed by atoms with E-state index in [1.807, 2.05) is 34.6 Å². The van der Waals surface area contributed by atoms with E-state index in [4.69, 9.17) is 4.74 Å². The average Bonchev–Trinajstić information content (AvgIpc) is 3.71. The number of carbonyl (C=O) groups excluding carboxylic acids is 7. The molecule has 2 aliphatic rings. The molecule has 0 radical (unpaired) electrons. The van der Waals surface area contributed by atoms with Gasteiger partial charge in [-0.3, -0.25) is 28.8 Å². The molecule has 1 heterocycles. The van der Waals surface area contributed by atoms with Crippen molar-refractivity contribution in [3.05, 3.63) is 35.9 Å². The van der Waals surface area contributed by atoms with Crippen molar-refractivity contribution in [3.8, 4) is 0 Å². The number of nitrogens with one attached hydrogen (secondary N) is 4. The van der Waals surface area contributed by atoms with Gasteiger partial charge in [-0.1, -0.05) is 78.3 Å². The fourth-order valence-electron chi connectivity index (χ4n) is 5.92. The first kappa shape index (κ1) is 39.9. The number of likely N-dealkylation sites (N-methyl/N-ethyl adjacent to an activating group) is 1. The van der Waals surface area contributed by atoms with Crippen molar-refractivity contribution in [1.29, 1.82) is 0 Å². The number of fused-ring (bicyclic) bond motifs is 1. The third-order valence-electron chi connectivity index (χ3n) is 9.28. The zero-order valence-electron chi connectivity index (χ0n) is 30.7. The zero-order chi connectivity index (χ0) is 37.5. The first-order valence-corrected chi connectivity index (χ1v) is 17.3. The summed E-state index contributed by atoms with van der Waals surface area (Å²) in [4.78, 5) is 95.1. The number of ketones is 1. The molecule has 14 nitrogen and oxygen atoms in total. The molecule has 0 bridgehead atoms. The van der Waals surface area contributed by atoms with E-state index in [2.05, 4.69) is 21.3 Å². The Labute approximate surface area is 294 Å². The van der Waals surface area contributed by atoms with Crippen LogP contribution in [0.4, 0.5) is 4.79 Å². The Morgan fingerprint density at radius 2 is 1.60 bits per heavy atom. The van der Waals surface area contributed by atoms with E-state index in [9.17, 15) is 33.6 Å². The first-order valence-electron chi connectivity index (χ1n) is 17.3. The zero-order valence-corrected chi connectivity index (χ0v) is 30.7. The Balaban J connectivity index is 1.67. The SMILES string of the molecule is CCCC(NC(=O)[C@@H]1[C@H]2C[C@H]2CN1C(=O)[C@@H](NC(=O)O[C@H](C)C(C)C)C(C)(C)C)C(=O)C(=O)NCC(=O)N[C@H](C(=O)N(C)C)c1ccccc1. The van der Waals surface area contributed by atoms with Gasteiger partial charge in [-0.15, -0.1) is 0 Å². The van der Waals surface area contributed by atoms with Gasteiger partial charge >= 0.3 is 6.09 Å². The minimum Gasteiger partial charge on any atom is -0.446 e. The Kier molecular flexibility index (Phi) is 13.5. The van der Waals surface area contributed by atoms with Crippen molar-refractivity contribution in [1.82, 2.24) is 31.1 Å². The summed E-state index contributed by atoms with van der Waals surface area (Å²) in [5, 5.41) is 10.3. The van der Waals surface area contributed by atoms with Crippen molar-refractivity contribution < 1.29 is 38.3 Å². The van der Waals surface area contributed by atoms with Gasteiger partial charge in [0.2, 0.25) is 29.4 Å². The molecule has 1 saturated heterocycles. The fraction of sp³-hybridized carbons (Fsp3) is 0.639. The standard InChI is InChI=1S/C36H54N6O8/c1-10-14-25(29(44)32(46)37-18-26(43)39-27(33(47)41(8)9)22-15-12-11-13-16-22)38-31(45)28-24-17-23(24)19-42(28)34(48)30(36(5,6)7)40-35(49)50-21(4)20(2)3/h11-13,15-16,20-21,23-25,27-28,30H,10,14,17-19H2,1-9H3,(H,37,46)(H,38,45)(H,39,43)(H,40,49)/t21-,23+,24+,25?,27+,28+,30-/m1/s1. The van der Waals surface area contributed by atoms with E-state index in [1.165, 1.54) is 9.80 Å². The lowest BCUT2D eigenvalue weighted by molar-refractivity contribution is -0.145. The molecule has 0 spiro atoms. The third kappa shape index (κ3) is 10.3. The van der Waals surface area contributed by atoms with Crippen molar-refractivity contribution in [3.63, 3.8) is 0 Å². The number of piperidine rings is 1. The van der Waals surface area contributed by atoms with Crippen LogP contribution in [0.2, 0.25) is 0 Å². The van der Waals surface area contributed by atoms with E-state index in [0.717, 1.165) is 6.42 Å². The first-order chi connectivity index (χ1) is 23.4. The lowest BCUT2D eigenvalue weighted by Gasteiger charge is -2.36. The van der Waals surface area contributed by atoms with Crippen LogP contribution in [-0.2, 0) is 33.5 Å². The Morgan fingerprint density at radius 1 is 0.960 bits per heavy atom. The molecular formula is C36H54N6O8. The summed E-state index contributed by atoms with van der Waals surface area (Å²) in [7, 11) is 3.12. The van der Waals surface area contributed by atoms with Crippen LogP contribution in [0.25, 0.3) is 0 Å². The highest BCUT2D eigenvalue weighted by atomic mass is 16.6. The number of Topliss-reactive ketones (excluding diaryl/α,β-unsaturated/α-hetero) is 1. The maximum atomic E-state index is 14.0. The number of amides is 6. The number of likely N-dealkylation sites (tertiary alicyclic amines) is 1. The number of nitrogens with zero attached hydrogens (tertiary/aromatic N) is 2. The van der Waals surface area contributed by atoms with Gasteiger partial charge in [0.15, 0.2) is 0 Å². The molecule has 1 aromatic carbocycles. The normalized spacial score (nSPS) is 20.4. The van der Waals surface area contributed by atoms with E-state index in [1.54, 1.807) is 58.3 Å². The molecule has 1 aliphatic heterocycles. The second-order valence-electron chi connectivity index (χ2n) is 14.9. The minimum atomic E-state index is -1.19. The van der Waals surface area contributed by atoms with Crippen LogP contribution >= 0.6 is 0 Å². The van der Waals surface area contributed by atoms with Gasteiger partial charge < -0.3 is 35.8 Å². The van der Waals surface area contributed by atoms with Crippen molar-refractivity contribution in [2.45, 2.75) is 98.0 Å². The second kappa shape index (κ2) is 16.9. The van der Waals surface area contributed by atoms with Crippen LogP contribution in [0.1, 0.15) is 79.3 Å². The molecule has 50 heavy (non-hydrogen) atoms. The molecule has 14 heteroatoms. The summed E-state index contributed by atoms with van der Waals surface area (Å²) in [6.45, 7) is 12.6. The van der Waals surface area contributed by atoms with Gasteiger partial charge in [-0.2, -0.15) is 0 Å². The van der Waals surface area contributed by atoms with Crippen molar-refractivity contribution >= 4 is 41.4 Å². The van der Waals surface area contributed by atoms with Crippen LogP contribution in [0.3, 0.4) is 0 Å². The quantitative estimate of drug-likeness (QED) is 0.200. The highest BCUT2D eigenvalue weighted by molar-refractivity contribution is 6.38. The minimum absolute atomic E-state index is 0.0760. The molecule has 1 unspecified atom stereocenters. The van der Waals surface area contributed by atoms with Gasteiger partial charge in [0, 0.05) is 20.6 Å².